The lowest BCUT2D eigenvalue weighted by Gasteiger charge is -2.51. The highest BCUT2D eigenvalue weighted by Gasteiger charge is 2.47. The van der Waals surface area contributed by atoms with Crippen molar-refractivity contribution in [2.45, 2.75) is 38.6 Å². The standard InChI is InChI=1S/C22H27NO2/c24-21(25)19-14-18-8-4-5-9-20(18)22(15-19)10-12-23(13-11-22)16-17-6-2-1-3-7-17/h1-7,9,18-19H,8,10-16H2,(H,24,25). The summed E-state index contributed by atoms with van der Waals surface area (Å²) in [5.74, 6) is -0.325. The van der Waals surface area contributed by atoms with E-state index in [2.05, 4.69) is 53.5 Å². The van der Waals surface area contributed by atoms with Gasteiger partial charge >= 0.3 is 5.97 Å². The van der Waals surface area contributed by atoms with Crippen LogP contribution in [0, 0.1) is 17.3 Å². The largest absolute Gasteiger partial charge is 0.481 e. The first-order valence-corrected chi connectivity index (χ1v) is 9.53. The number of piperidine rings is 1. The summed E-state index contributed by atoms with van der Waals surface area (Å²) < 4.78 is 0. The number of likely N-dealkylation sites (tertiary alicyclic amines) is 1. The molecule has 132 valence electrons. The Hall–Kier alpha value is -1.87. The van der Waals surface area contributed by atoms with Crippen LogP contribution in [0.1, 0.15) is 37.7 Å². The number of benzene rings is 1. The van der Waals surface area contributed by atoms with Gasteiger partial charge in [-0.25, -0.2) is 0 Å². The summed E-state index contributed by atoms with van der Waals surface area (Å²) in [7, 11) is 0. The lowest BCUT2D eigenvalue weighted by molar-refractivity contribution is -0.144. The van der Waals surface area contributed by atoms with Crippen molar-refractivity contribution in [2.24, 2.45) is 17.3 Å². The molecule has 0 amide bonds. The molecule has 1 aliphatic heterocycles. The summed E-state index contributed by atoms with van der Waals surface area (Å²) in [6.45, 7) is 3.13. The van der Waals surface area contributed by atoms with Crippen LogP contribution in [0.2, 0.25) is 0 Å². The lowest BCUT2D eigenvalue weighted by atomic mass is 9.57. The smallest absolute Gasteiger partial charge is 0.306 e. The average Bonchev–Trinajstić information content (AvgIpc) is 2.64. The SMILES string of the molecule is O=C(O)C1CC2CC=CC=C2C2(CCN(Cc3ccccc3)CC2)C1. The molecule has 1 N–H and O–H groups in total. The highest BCUT2D eigenvalue weighted by atomic mass is 16.4. The summed E-state index contributed by atoms with van der Waals surface area (Å²) in [5.41, 5.74) is 3.03. The van der Waals surface area contributed by atoms with E-state index in [-0.39, 0.29) is 11.3 Å². The number of fused-ring (bicyclic) bond motifs is 2. The van der Waals surface area contributed by atoms with E-state index in [0.29, 0.717) is 5.92 Å². The van der Waals surface area contributed by atoms with Crippen molar-refractivity contribution in [3.05, 3.63) is 59.7 Å². The third-order valence-electron chi connectivity index (χ3n) is 6.50. The van der Waals surface area contributed by atoms with E-state index in [1.165, 1.54) is 5.56 Å². The molecule has 1 saturated carbocycles. The van der Waals surface area contributed by atoms with Gasteiger partial charge in [0.25, 0.3) is 0 Å². The fourth-order valence-electron chi connectivity index (χ4n) is 5.19. The van der Waals surface area contributed by atoms with Crippen LogP contribution in [-0.2, 0) is 11.3 Å². The van der Waals surface area contributed by atoms with Crippen LogP contribution in [0.25, 0.3) is 0 Å². The molecule has 3 nitrogen and oxygen atoms in total. The zero-order chi connectivity index (χ0) is 17.3. The number of carboxylic acids is 1. The van der Waals surface area contributed by atoms with Gasteiger partial charge in [-0.05, 0) is 62.1 Å². The summed E-state index contributed by atoms with van der Waals surface area (Å²) in [6, 6.07) is 10.6. The Morgan fingerprint density at radius 2 is 1.96 bits per heavy atom. The van der Waals surface area contributed by atoms with Gasteiger partial charge in [0.15, 0.2) is 0 Å². The van der Waals surface area contributed by atoms with E-state index >= 15 is 0 Å². The fourth-order valence-corrected chi connectivity index (χ4v) is 5.19. The molecule has 1 spiro atoms. The summed E-state index contributed by atoms with van der Waals surface area (Å²) in [6.07, 6.45) is 11.6. The maximum Gasteiger partial charge on any atom is 0.306 e. The summed E-state index contributed by atoms with van der Waals surface area (Å²) >= 11 is 0. The number of aliphatic carboxylic acids is 1. The van der Waals surface area contributed by atoms with Crippen molar-refractivity contribution >= 4 is 5.97 Å². The van der Waals surface area contributed by atoms with Crippen molar-refractivity contribution in [1.29, 1.82) is 0 Å². The van der Waals surface area contributed by atoms with Gasteiger partial charge in [-0.2, -0.15) is 0 Å². The molecule has 2 unspecified atom stereocenters. The molecular formula is C22H27NO2. The van der Waals surface area contributed by atoms with E-state index in [4.69, 9.17) is 0 Å². The Kier molecular flexibility index (Phi) is 4.51. The minimum Gasteiger partial charge on any atom is -0.481 e. The van der Waals surface area contributed by atoms with Crippen LogP contribution in [0.5, 0.6) is 0 Å². The van der Waals surface area contributed by atoms with E-state index in [9.17, 15) is 9.90 Å². The molecule has 0 bridgehead atoms. The topological polar surface area (TPSA) is 40.5 Å². The third kappa shape index (κ3) is 3.30. The van der Waals surface area contributed by atoms with Crippen LogP contribution in [0.4, 0.5) is 0 Å². The monoisotopic (exact) mass is 337 g/mol. The van der Waals surface area contributed by atoms with Crippen LogP contribution < -0.4 is 0 Å². The second kappa shape index (κ2) is 6.80. The fraction of sp³-hybridized carbons (Fsp3) is 0.500. The minimum absolute atomic E-state index is 0.115. The lowest BCUT2D eigenvalue weighted by Crippen LogP contribution is -2.46. The van der Waals surface area contributed by atoms with E-state index in [1.807, 2.05) is 0 Å². The van der Waals surface area contributed by atoms with E-state index in [0.717, 1.165) is 51.7 Å². The normalized spacial score (nSPS) is 28.4. The van der Waals surface area contributed by atoms with Gasteiger partial charge in [-0.1, -0.05) is 54.1 Å². The predicted octanol–water partition coefficient (Wildman–Crippen LogP) is 4.27. The summed E-state index contributed by atoms with van der Waals surface area (Å²) in [5, 5.41) is 9.64. The van der Waals surface area contributed by atoms with Crippen LogP contribution in [-0.4, -0.2) is 29.1 Å². The molecule has 2 aliphatic carbocycles. The molecule has 2 atom stereocenters. The van der Waals surface area contributed by atoms with Crippen molar-refractivity contribution in [3.8, 4) is 0 Å². The van der Waals surface area contributed by atoms with Crippen molar-refractivity contribution in [3.63, 3.8) is 0 Å². The highest BCUT2D eigenvalue weighted by Crippen LogP contribution is 2.54. The van der Waals surface area contributed by atoms with Crippen LogP contribution in [0.3, 0.4) is 0 Å². The van der Waals surface area contributed by atoms with Gasteiger partial charge in [0.2, 0.25) is 0 Å². The number of carboxylic acid groups (broad SMARTS) is 1. The Morgan fingerprint density at radius 1 is 1.20 bits per heavy atom. The molecule has 25 heavy (non-hydrogen) atoms. The van der Waals surface area contributed by atoms with Crippen molar-refractivity contribution in [2.75, 3.05) is 13.1 Å². The quantitative estimate of drug-likeness (QED) is 0.895. The van der Waals surface area contributed by atoms with Gasteiger partial charge in [0.05, 0.1) is 5.92 Å². The van der Waals surface area contributed by atoms with Gasteiger partial charge in [-0.15, -0.1) is 0 Å². The van der Waals surface area contributed by atoms with E-state index < -0.39 is 5.97 Å². The minimum atomic E-state index is -0.598. The molecule has 0 radical (unpaired) electrons. The number of allylic oxidation sites excluding steroid dienone is 4. The first-order valence-electron chi connectivity index (χ1n) is 9.53. The number of rotatable bonds is 3. The summed E-state index contributed by atoms with van der Waals surface area (Å²) in [4.78, 5) is 14.2. The first kappa shape index (κ1) is 16.6. The third-order valence-corrected chi connectivity index (χ3v) is 6.50. The van der Waals surface area contributed by atoms with Gasteiger partial charge in [-0.3, -0.25) is 9.69 Å². The van der Waals surface area contributed by atoms with Gasteiger partial charge < -0.3 is 5.11 Å². The Bertz CT molecular complexity index is 683. The Labute approximate surface area is 150 Å². The molecule has 3 aliphatic rings. The van der Waals surface area contributed by atoms with Crippen LogP contribution in [0.15, 0.2) is 54.1 Å². The zero-order valence-electron chi connectivity index (χ0n) is 14.7. The number of nitrogens with zero attached hydrogens (tertiary/aromatic N) is 1. The van der Waals surface area contributed by atoms with Crippen molar-refractivity contribution < 1.29 is 9.90 Å². The molecule has 4 rings (SSSR count). The Balaban J connectivity index is 1.50. The molecule has 1 aromatic rings. The van der Waals surface area contributed by atoms with Crippen molar-refractivity contribution in [1.82, 2.24) is 4.90 Å². The molecular weight excluding hydrogens is 310 g/mol. The molecule has 1 aromatic carbocycles. The predicted molar refractivity (Wildman–Crippen MR) is 99.1 cm³/mol. The number of carbonyl (C=O) groups is 1. The average molecular weight is 337 g/mol. The molecule has 2 fully saturated rings. The van der Waals surface area contributed by atoms with E-state index in [1.54, 1.807) is 5.57 Å². The second-order valence-electron chi connectivity index (χ2n) is 8.00. The zero-order valence-corrected chi connectivity index (χ0v) is 14.7. The second-order valence-corrected chi connectivity index (χ2v) is 8.00. The maximum absolute atomic E-state index is 11.7. The molecule has 3 heteroatoms. The van der Waals surface area contributed by atoms with Gasteiger partial charge in [0.1, 0.15) is 0 Å². The Morgan fingerprint density at radius 3 is 2.68 bits per heavy atom. The number of hydrogen-bond acceptors (Lipinski definition) is 2. The van der Waals surface area contributed by atoms with Crippen LogP contribution >= 0.6 is 0 Å². The molecule has 1 heterocycles. The molecule has 1 saturated heterocycles. The first-order chi connectivity index (χ1) is 12.2. The highest BCUT2D eigenvalue weighted by molar-refractivity contribution is 5.70. The molecule has 0 aromatic heterocycles. The van der Waals surface area contributed by atoms with Gasteiger partial charge in [0, 0.05) is 6.54 Å². The number of hydrogen-bond donors (Lipinski definition) is 1. The maximum atomic E-state index is 11.7.